The highest BCUT2D eigenvalue weighted by Gasteiger charge is 2.52. The molecule has 1 unspecified atom stereocenters. The van der Waals surface area contributed by atoms with Crippen molar-refractivity contribution in [1.29, 1.82) is 0 Å². The molecule has 7 nitrogen and oxygen atoms in total. The number of nitrogens with one attached hydrogen (secondary N) is 1. The van der Waals surface area contributed by atoms with Crippen molar-refractivity contribution < 1.29 is 14.4 Å². The second-order valence-corrected chi connectivity index (χ2v) is 8.39. The van der Waals surface area contributed by atoms with Gasteiger partial charge in [0.2, 0.25) is 11.8 Å². The lowest BCUT2D eigenvalue weighted by atomic mass is 9.98. The number of benzene rings is 2. The summed E-state index contributed by atoms with van der Waals surface area (Å²) in [6.45, 7) is 2.03. The van der Waals surface area contributed by atoms with Gasteiger partial charge in [-0.05, 0) is 37.6 Å². The van der Waals surface area contributed by atoms with Crippen molar-refractivity contribution in [2.45, 2.75) is 31.8 Å². The average molecular weight is 447 g/mol. The number of nitrogen functional groups attached to an aromatic ring is 1. The minimum Gasteiger partial charge on any atom is -0.396 e. The van der Waals surface area contributed by atoms with Gasteiger partial charge in [0.1, 0.15) is 5.66 Å². The van der Waals surface area contributed by atoms with Crippen molar-refractivity contribution in [1.82, 2.24) is 4.90 Å². The molecule has 2 aromatic carbocycles. The number of carbonyl (C=O) groups is 3. The quantitative estimate of drug-likeness (QED) is 0.695. The van der Waals surface area contributed by atoms with E-state index in [2.05, 4.69) is 5.32 Å². The van der Waals surface area contributed by atoms with Gasteiger partial charge >= 0.3 is 0 Å². The number of halogens is 2. The average Bonchev–Trinajstić information content (AvgIpc) is 3.01. The SMILES string of the molecule is CC12CCC(=O)N1c1ccccc1C(=O)N2CCC(=O)Nc1cc(Cl)c(N)c(Cl)c1. The molecule has 4 rings (SSSR count). The number of hydrogen-bond donors (Lipinski definition) is 2. The van der Waals surface area contributed by atoms with Crippen LogP contribution in [0.4, 0.5) is 17.1 Å². The van der Waals surface area contributed by atoms with Crippen LogP contribution in [0.2, 0.25) is 10.0 Å². The maximum Gasteiger partial charge on any atom is 0.257 e. The summed E-state index contributed by atoms with van der Waals surface area (Å²) in [6.07, 6.45) is 0.908. The first kappa shape index (κ1) is 20.5. The van der Waals surface area contributed by atoms with Crippen LogP contribution in [0.1, 0.15) is 36.5 Å². The van der Waals surface area contributed by atoms with Gasteiger partial charge in [-0.3, -0.25) is 19.3 Å². The summed E-state index contributed by atoms with van der Waals surface area (Å²) >= 11 is 12.0. The van der Waals surface area contributed by atoms with Gasteiger partial charge in [-0.15, -0.1) is 0 Å². The van der Waals surface area contributed by atoms with E-state index in [1.165, 1.54) is 12.1 Å². The lowest BCUT2D eigenvalue weighted by Gasteiger charge is -2.48. The van der Waals surface area contributed by atoms with Crippen LogP contribution in [0.5, 0.6) is 0 Å². The Kier molecular flexibility index (Phi) is 5.11. The number of hydrogen-bond acceptors (Lipinski definition) is 4. The topological polar surface area (TPSA) is 95.7 Å². The summed E-state index contributed by atoms with van der Waals surface area (Å²) in [5.74, 6) is -0.526. The monoisotopic (exact) mass is 446 g/mol. The molecule has 9 heteroatoms. The van der Waals surface area contributed by atoms with E-state index in [-0.39, 0.29) is 46.4 Å². The Morgan fingerprint density at radius 2 is 1.87 bits per heavy atom. The molecule has 30 heavy (non-hydrogen) atoms. The van der Waals surface area contributed by atoms with E-state index >= 15 is 0 Å². The highest BCUT2D eigenvalue weighted by atomic mass is 35.5. The molecular formula is C21H20Cl2N4O3. The van der Waals surface area contributed by atoms with Gasteiger partial charge in [-0.2, -0.15) is 0 Å². The molecular weight excluding hydrogens is 427 g/mol. The minimum atomic E-state index is -0.795. The number of amides is 3. The number of fused-ring (bicyclic) bond motifs is 3. The van der Waals surface area contributed by atoms with Crippen molar-refractivity contribution >= 4 is 58.0 Å². The zero-order valence-electron chi connectivity index (χ0n) is 16.2. The number of nitrogens with two attached hydrogens (primary N) is 1. The largest absolute Gasteiger partial charge is 0.396 e. The Balaban J connectivity index is 1.54. The van der Waals surface area contributed by atoms with Gasteiger partial charge < -0.3 is 16.0 Å². The predicted molar refractivity (Wildman–Crippen MR) is 117 cm³/mol. The van der Waals surface area contributed by atoms with E-state index in [0.29, 0.717) is 29.8 Å². The normalized spacial score (nSPS) is 20.2. The van der Waals surface area contributed by atoms with E-state index in [4.69, 9.17) is 28.9 Å². The lowest BCUT2D eigenvalue weighted by Crippen LogP contribution is -2.62. The van der Waals surface area contributed by atoms with Crippen LogP contribution in [0.3, 0.4) is 0 Å². The number of rotatable bonds is 4. The summed E-state index contributed by atoms with van der Waals surface area (Å²) < 4.78 is 0. The first-order chi connectivity index (χ1) is 14.2. The van der Waals surface area contributed by atoms with Crippen molar-refractivity contribution in [2.75, 3.05) is 22.5 Å². The first-order valence-corrected chi connectivity index (χ1v) is 10.3. The van der Waals surface area contributed by atoms with Crippen LogP contribution in [0.15, 0.2) is 36.4 Å². The Hall–Kier alpha value is -2.77. The maximum atomic E-state index is 13.2. The third kappa shape index (κ3) is 3.28. The fourth-order valence-corrected chi connectivity index (χ4v) is 4.62. The van der Waals surface area contributed by atoms with Gasteiger partial charge in [0, 0.05) is 25.1 Å². The van der Waals surface area contributed by atoms with Crippen LogP contribution in [0.25, 0.3) is 0 Å². The van der Waals surface area contributed by atoms with Crippen LogP contribution < -0.4 is 16.0 Å². The molecule has 156 valence electrons. The van der Waals surface area contributed by atoms with E-state index in [0.717, 1.165) is 0 Å². The lowest BCUT2D eigenvalue weighted by molar-refractivity contribution is -0.117. The highest BCUT2D eigenvalue weighted by molar-refractivity contribution is 6.39. The first-order valence-electron chi connectivity index (χ1n) is 9.51. The van der Waals surface area contributed by atoms with Gasteiger partial charge in [0.15, 0.2) is 0 Å². The van der Waals surface area contributed by atoms with Crippen LogP contribution in [0, 0.1) is 0 Å². The van der Waals surface area contributed by atoms with Gasteiger partial charge in [-0.1, -0.05) is 35.3 Å². The number of nitrogens with zero attached hydrogens (tertiary/aromatic N) is 2. The maximum absolute atomic E-state index is 13.2. The van der Waals surface area contributed by atoms with E-state index in [9.17, 15) is 14.4 Å². The van der Waals surface area contributed by atoms with E-state index in [1.54, 1.807) is 28.0 Å². The molecule has 2 aliphatic heterocycles. The van der Waals surface area contributed by atoms with Gasteiger partial charge in [0.25, 0.3) is 5.91 Å². The summed E-state index contributed by atoms with van der Waals surface area (Å²) in [5.41, 5.74) is 6.67. The molecule has 1 saturated heterocycles. The van der Waals surface area contributed by atoms with Crippen molar-refractivity contribution in [3.63, 3.8) is 0 Å². The molecule has 0 radical (unpaired) electrons. The van der Waals surface area contributed by atoms with E-state index in [1.807, 2.05) is 13.0 Å². The Morgan fingerprint density at radius 1 is 1.20 bits per heavy atom. The summed E-state index contributed by atoms with van der Waals surface area (Å²) in [4.78, 5) is 41.6. The molecule has 3 amide bonds. The summed E-state index contributed by atoms with van der Waals surface area (Å²) in [5, 5.41) is 3.21. The van der Waals surface area contributed by atoms with Crippen LogP contribution in [-0.2, 0) is 9.59 Å². The smallest absolute Gasteiger partial charge is 0.257 e. The molecule has 1 fully saturated rings. The molecule has 0 bridgehead atoms. The fraction of sp³-hybridized carbons (Fsp3) is 0.286. The van der Waals surface area contributed by atoms with E-state index < -0.39 is 5.66 Å². The zero-order valence-corrected chi connectivity index (χ0v) is 17.8. The number of carbonyl (C=O) groups excluding carboxylic acids is 3. The predicted octanol–water partition coefficient (Wildman–Crippen LogP) is 3.90. The zero-order chi connectivity index (χ0) is 21.6. The molecule has 2 heterocycles. The second-order valence-electron chi connectivity index (χ2n) is 7.57. The van der Waals surface area contributed by atoms with Crippen molar-refractivity contribution in [3.8, 4) is 0 Å². The van der Waals surface area contributed by atoms with Crippen molar-refractivity contribution in [3.05, 3.63) is 52.0 Å². The second kappa shape index (κ2) is 7.49. The molecule has 1 atom stereocenters. The molecule has 0 aliphatic carbocycles. The minimum absolute atomic E-state index is 0.0296. The fourth-order valence-electron chi connectivity index (χ4n) is 4.13. The van der Waals surface area contributed by atoms with Crippen LogP contribution >= 0.6 is 23.2 Å². The summed E-state index contributed by atoms with van der Waals surface area (Å²) in [7, 11) is 0. The van der Waals surface area contributed by atoms with Crippen molar-refractivity contribution in [2.24, 2.45) is 0 Å². The Bertz CT molecular complexity index is 1050. The molecule has 2 aliphatic rings. The summed E-state index contributed by atoms with van der Waals surface area (Å²) in [6, 6.07) is 10.1. The molecule has 3 N–H and O–H groups in total. The third-order valence-electron chi connectivity index (χ3n) is 5.67. The molecule has 0 aromatic heterocycles. The van der Waals surface area contributed by atoms with Gasteiger partial charge in [0.05, 0.1) is 27.0 Å². The molecule has 0 spiro atoms. The Morgan fingerprint density at radius 3 is 2.57 bits per heavy atom. The molecule has 2 aromatic rings. The highest BCUT2D eigenvalue weighted by Crippen LogP contribution is 2.44. The standard InChI is InChI=1S/C21H20Cl2N4O3/c1-21-8-6-18(29)27(21)16-5-3-2-4-13(16)20(30)26(21)9-7-17(28)25-12-10-14(22)19(24)15(23)11-12/h2-5,10-11H,6-9,24H2,1H3,(H,25,28). The third-order valence-corrected chi connectivity index (χ3v) is 6.30. The van der Waals surface area contributed by atoms with Crippen LogP contribution in [-0.4, -0.2) is 34.8 Å². The number of anilines is 3. The number of para-hydroxylation sites is 1. The van der Waals surface area contributed by atoms with Gasteiger partial charge in [-0.25, -0.2) is 0 Å². The Labute approximate surface area is 183 Å². The molecule has 0 saturated carbocycles.